The summed E-state index contributed by atoms with van der Waals surface area (Å²) < 4.78 is 0. The zero-order valence-electron chi connectivity index (χ0n) is 11.1. The van der Waals surface area contributed by atoms with Crippen LogP contribution in [0.15, 0.2) is 35.3 Å². The Labute approximate surface area is 117 Å². The van der Waals surface area contributed by atoms with Gasteiger partial charge in [0.1, 0.15) is 6.04 Å². The first-order valence-corrected chi connectivity index (χ1v) is 6.19. The lowest BCUT2D eigenvalue weighted by Crippen LogP contribution is -2.44. The number of nitrogens with zero attached hydrogens (tertiary/aromatic N) is 2. The van der Waals surface area contributed by atoms with Crippen molar-refractivity contribution in [2.75, 3.05) is 11.4 Å². The highest BCUT2D eigenvalue weighted by Gasteiger charge is 2.23. The van der Waals surface area contributed by atoms with Gasteiger partial charge in [0.15, 0.2) is 5.96 Å². The van der Waals surface area contributed by atoms with E-state index in [0.717, 1.165) is 0 Å². The molecule has 0 saturated carbocycles. The van der Waals surface area contributed by atoms with Crippen molar-refractivity contribution in [3.8, 4) is 0 Å². The van der Waals surface area contributed by atoms with Crippen molar-refractivity contribution in [1.29, 1.82) is 0 Å². The molecule has 1 unspecified atom stereocenters. The van der Waals surface area contributed by atoms with Crippen molar-refractivity contribution in [2.45, 2.75) is 18.9 Å². The number of hydrogen-bond acceptors (Lipinski definition) is 3. The molecule has 2 amide bonds. The minimum Gasteiger partial charge on any atom is -0.370 e. The molecule has 0 aromatic heterocycles. The van der Waals surface area contributed by atoms with Crippen LogP contribution in [0.1, 0.15) is 12.8 Å². The molecule has 1 atom stereocenters. The highest BCUT2D eigenvalue weighted by molar-refractivity contribution is 5.91. The van der Waals surface area contributed by atoms with Gasteiger partial charge in [0, 0.05) is 12.2 Å². The smallest absolute Gasteiger partial charge is 0.240 e. The number of nitrogens with two attached hydrogens (primary N) is 3. The number of benzene rings is 1. The van der Waals surface area contributed by atoms with Crippen LogP contribution in [0.25, 0.3) is 0 Å². The van der Waals surface area contributed by atoms with Crippen LogP contribution in [0.5, 0.6) is 0 Å². The molecule has 6 N–H and O–H groups in total. The van der Waals surface area contributed by atoms with Gasteiger partial charge in [0.2, 0.25) is 12.3 Å². The molecule has 7 nitrogen and oxygen atoms in total. The van der Waals surface area contributed by atoms with Crippen molar-refractivity contribution >= 4 is 24.0 Å². The van der Waals surface area contributed by atoms with Crippen molar-refractivity contribution in [2.24, 2.45) is 22.2 Å². The predicted octanol–water partition coefficient (Wildman–Crippen LogP) is -0.443. The summed E-state index contributed by atoms with van der Waals surface area (Å²) in [5, 5.41) is 0. The van der Waals surface area contributed by atoms with Gasteiger partial charge in [-0.2, -0.15) is 0 Å². The minimum absolute atomic E-state index is 0.00377. The maximum atomic E-state index is 11.5. The number of hydrogen-bond donors (Lipinski definition) is 3. The van der Waals surface area contributed by atoms with Crippen molar-refractivity contribution in [1.82, 2.24) is 0 Å². The second-order valence-electron chi connectivity index (χ2n) is 4.22. The Morgan fingerprint density at radius 2 is 1.90 bits per heavy atom. The van der Waals surface area contributed by atoms with E-state index in [2.05, 4.69) is 4.99 Å². The normalized spacial score (nSPS) is 11.4. The van der Waals surface area contributed by atoms with E-state index in [4.69, 9.17) is 17.2 Å². The third-order valence-corrected chi connectivity index (χ3v) is 2.76. The average Bonchev–Trinajstić information content (AvgIpc) is 2.42. The molecular weight excluding hydrogens is 258 g/mol. The fourth-order valence-electron chi connectivity index (χ4n) is 1.83. The van der Waals surface area contributed by atoms with Crippen molar-refractivity contribution in [3.63, 3.8) is 0 Å². The number of rotatable bonds is 8. The third-order valence-electron chi connectivity index (χ3n) is 2.76. The Morgan fingerprint density at radius 1 is 1.25 bits per heavy atom. The third kappa shape index (κ3) is 4.60. The molecule has 0 fully saturated rings. The second-order valence-corrected chi connectivity index (χ2v) is 4.22. The molecule has 20 heavy (non-hydrogen) atoms. The van der Waals surface area contributed by atoms with Crippen LogP contribution >= 0.6 is 0 Å². The standard InChI is InChI=1S/C13H19N5O2/c14-12(20)11(7-4-8-17-13(15)16)18(9-19)10-5-2-1-3-6-10/h1-3,5-6,9,11H,4,7-8H2,(H2,14,20)(H4,15,16,17). The first kappa shape index (κ1) is 15.5. The van der Waals surface area contributed by atoms with E-state index < -0.39 is 11.9 Å². The van der Waals surface area contributed by atoms with Crippen LogP contribution in [0.2, 0.25) is 0 Å². The van der Waals surface area contributed by atoms with Gasteiger partial charge in [-0.25, -0.2) is 0 Å². The zero-order chi connectivity index (χ0) is 15.0. The SMILES string of the molecule is NC(=O)C(CCCN=C(N)N)N(C=O)c1ccccc1. The summed E-state index contributed by atoms with van der Waals surface area (Å²) in [6.45, 7) is 0.383. The number of carbonyl (C=O) groups excluding carboxylic acids is 2. The van der Waals surface area contributed by atoms with E-state index >= 15 is 0 Å². The van der Waals surface area contributed by atoms with Crippen LogP contribution < -0.4 is 22.1 Å². The molecular formula is C13H19N5O2. The highest BCUT2D eigenvalue weighted by atomic mass is 16.2. The fourth-order valence-corrected chi connectivity index (χ4v) is 1.83. The number of para-hydroxylation sites is 1. The van der Waals surface area contributed by atoms with Gasteiger partial charge in [-0.15, -0.1) is 0 Å². The molecule has 1 rings (SSSR count). The van der Waals surface area contributed by atoms with Crippen LogP contribution in [-0.2, 0) is 9.59 Å². The lowest BCUT2D eigenvalue weighted by atomic mass is 10.1. The van der Waals surface area contributed by atoms with Crippen molar-refractivity contribution in [3.05, 3.63) is 30.3 Å². The lowest BCUT2D eigenvalue weighted by molar-refractivity contribution is -0.121. The van der Waals surface area contributed by atoms with Crippen LogP contribution in [0.4, 0.5) is 5.69 Å². The molecule has 0 radical (unpaired) electrons. The Morgan fingerprint density at radius 3 is 2.40 bits per heavy atom. The second kappa shape index (κ2) is 7.78. The molecule has 1 aromatic rings. The molecule has 1 aromatic carbocycles. The van der Waals surface area contributed by atoms with E-state index in [1.807, 2.05) is 6.07 Å². The number of primary amides is 1. The molecule has 0 aliphatic heterocycles. The number of anilines is 1. The topological polar surface area (TPSA) is 128 Å². The Hall–Kier alpha value is -2.57. The molecule has 7 heteroatoms. The molecule has 108 valence electrons. The predicted molar refractivity (Wildman–Crippen MR) is 77.9 cm³/mol. The van der Waals surface area contributed by atoms with Crippen LogP contribution in [-0.4, -0.2) is 30.9 Å². The summed E-state index contributed by atoms with van der Waals surface area (Å²) in [7, 11) is 0. The van der Waals surface area contributed by atoms with Gasteiger partial charge in [-0.1, -0.05) is 18.2 Å². The highest BCUT2D eigenvalue weighted by Crippen LogP contribution is 2.17. The summed E-state index contributed by atoms with van der Waals surface area (Å²) >= 11 is 0. The van der Waals surface area contributed by atoms with Gasteiger partial charge < -0.3 is 22.1 Å². The number of guanidine groups is 1. The Bertz CT molecular complexity index is 471. The van der Waals surface area contributed by atoms with Gasteiger partial charge in [0.25, 0.3) is 0 Å². The first-order chi connectivity index (χ1) is 9.56. The van der Waals surface area contributed by atoms with Gasteiger partial charge in [-0.05, 0) is 25.0 Å². The minimum atomic E-state index is -0.718. The van der Waals surface area contributed by atoms with Crippen LogP contribution in [0.3, 0.4) is 0 Å². The van der Waals surface area contributed by atoms with Crippen LogP contribution in [0, 0.1) is 0 Å². The van der Waals surface area contributed by atoms with E-state index in [1.165, 1.54) is 4.90 Å². The van der Waals surface area contributed by atoms with Gasteiger partial charge >= 0.3 is 0 Å². The average molecular weight is 277 g/mol. The van der Waals surface area contributed by atoms with E-state index in [0.29, 0.717) is 31.5 Å². The maximum Gasteiger partial charge on any atom is 0.240 e. The summed E-state index contributed by atoms with van der Waals surface area (Å²) in [5.74, 6) is -0.568. The van der Waals surface area contributed by atoms with Crippen molar-refractivity contribution < 1.29 is 9.59 Å². The van der Waals surface area contributed by atoms with Gasteiger partial charge in [0.05, 0.1) is 0 Å². The van der Waals surface area contributed by atoms with E-state index in [1.54, 1.807) is 24.3 Å². The largest absolute Gasteiger partial charge is 0.370 e. The quantitative estimate of drug-likeness (QED) is 0.257. The number of carbonyl (C=O) groups is 2. The Kier molecular flexibility index (Phi) is 6.02. The number of amides is 2. The molecule has 0 bridgehead atoms. The maximum absolute atomic E-state index is 11.5. The fraction of sp³-hybridized carbons (Fsp3) is 0.308. The zero-order valence-corrected chi connectivity index (χ0v) is 11.1. The number of aliphatic imine (C=N–C) groups is 1. The van der Waals surface area contributed by atoms with E-state index in [9.17, 15) is 9.59 Å². The molecule has 0 aliphatic carbocycles. The summed E-state index contributed by atoms with van der Waals surface area (Å²) in [6.07, 6.45) is 1.54. The first-order valence-electron chi connectivity index (χ1n) is 6.19. The lowest BCUT2D eigenvalue weighted by Gasteiger charge is -2.25. The molecule has 0 spiro atoms. The monoisotopic (exact) mass is 277 g/mol. The molecule has 0 aliphatic rings. The van der Waals surface area contributed by atoms with Gasteiger partial charge in [-0.3, -0.25) is 14.6 Å². The summed E-state index contributed by atoms with van der Waals surface area (Å²) in [4.78, 5) is 27.9. The Balaban J connectivity index is 2.75. The summed E-state index contributed by atoms with van der Waals surface area (Å²) in [6, 6.07) is 8.14. The molecule has 0 heterocycles. The molecule has 0 saturated heterocycles. The van der Waals surface area contributed by atoms with E-state index in [-0.39, 0.29) is 5.96 Å². The summed E-state index contributed by atoms with van der Waals surface area (Å²) in [5.41, 5.74) is 16.4.